The fourth-order valence-electron chi connectivity index (χ4n) is 4.68. The van der Waals surface area contributed by atoms with Gasteiger partial charge < -0.3 is 4.74 Å². The molecule has 2 atom stereocenters. The van der Waals surface area contributed by atoms with Gasteiger partial charge in [0.1, 0.15) is 0 Å². The number of aryl methyl sites for hydroxylation is 1. The van der Waals surface area contributed by atoms with E-state index < -0.39 is 0 Å². The summed E-state index contributed by atoms with van der Waals surface area (Å²) in [7, 11) is 1.47. The Morgan fingerprint density at radius 3 is 2.81 bits per heavy atom. The smallest absolute Gasteiger partial charge is 0.306 e. The van der Waals surface area contributed by atoms with Crippen molar-refractivity contribution in [3.63, 3.8) is 0 Å². The lowest BCUT2D eigenvalue weighted by Gasteiger charge is -2.29. The standard InChI is InChI=1S/C23H27NO2/c1-16-5-3-6-17(13-16)18-8-9-20-19-7-4-11-24(12-10-23(25)26-2)22(15-19)21(20)14-18/h3,5-6,8-9,13-14,19,22H,4,7,10-12,15H2,1-2H3/t19-,22+/m0/s1. The van der Waals surface area contributed by atoms with Crippen molar-refractivity contribution in [2.24, 2.45) is 0 Å². The molecular weight excluding hydrogens is 322 g/mol. The molecule has 4 rings (SSSR count). The van der Waals surface area contributed by atoms with Gasteiger partial charge in [0.15, 0.2) is 0 Å². The molecule has 1 heterocycles. The van der Waals surface area contributed by atoms with Crippen LogP contribution in [0.5, 0.6) is 0 Å². The SMILES string of the molecule is COC(=O)CCN1CCC[C@H]2C[C@@H]1c1cc(-c3cccc(C)c3)ccc12. The van der Waals surface area contributed by atoms with Crippen molar-refractivity contribution < 1.29 is 9.53 Å². The van der Waals surface area contributed by atoms with Gasteiger partial charge in [0, 0.05) is 12.6 Å². The zero-order valence-electron chi connectivity index (χ0n) is 15.7. The normalized spacial score (nSPS) is 21.9. The maximum atomic E-state index is 11.6. The van der Waals surface area contributed by atoms with E-state index in [1.54, 1.807) is 0 Å². The first-order valence-electron chi connectivity index (χ1n) is 9.67. The minimum atomic E-state index is -0.113. The molecule has 0 saturated carbocycles. The third kappa shape index (κ3) is 3.28. The lowest BCUT2D eigenvalue weighted by Crippen LogP contribution is -2.30. The number of benzene rings is 2. The fraction of sp³-hybridized carbons (Fsp3) is 0.435. The molecule has 0 aromatic heterocycles. The predicted octanol–water partition coefficient (Wildman–Crippen LogP) is 4.85. The molecule has 2 aromatic carbocycles. The number of esters is 1. The molecule has 2 bridgehead atoms. The number of nitrogens with zero attached hydrogens (tertiary/aromatic N) is 1. The van der Waals surface area contributed by atoms with Gasteiger partial charge in [-0.2, -0.15) is 0 Å². The van der Waals surface area contributed by atoms with E-state index in [9.17, 15) is 4.79 Å². The molecule has 1 aliphatic carbocycles. The van der Waals surface area contributed by atoms with Crippen molar-refractivity contribution in [2.75, 3.05) is 20.2 Å². The number of carbonyl (C=O) groups is 1. The monoisotopic (exact) mass is 349 g/mol. The molecule has 2 aromatic rings. The van der Waals surface area contributed by atoms with E-state index in [1.807, 2.05) is 0 Å². The number of likely N-dealkylation sites (tertiary alicyclic amines) is 1. The summed E-state index contributed by atoms with van der Waals surface area (Å²) >= 11 is 0. The molecule has 0 unspecified atom stereocenters. The predicted molar refractivity (Wildman–Crippen MR) is 104 cm³/mol. The number of hydrogen-bond donors (Lipinski definition) is 0. The minimum absolute atomic E-state index is 0.113. The molecule has 3 heteroatoms. The summed E-state index contributed by atoms with van der Waals surface area (Å²) in [6.07, 6.45) is 4.13. The summed E-state index contributed by atoms with van der Waals surface area (Å²) in [4.78, 5) is 14.1. The first-order chi connectivity index (χ1) is 12.7. The van der Waals surface area contributed by atoms with Crippen LogP contribution in [-0.2, 0) is 9.53 Å². The third-order valence-corrected chi connectivity index (χ3v) is 6.01. The van der Waals surface area contributed by atoms with E-state index in [0.29, 0.717) is 18.4 Å². The minimum Gasteiger partial charge on any atom is -0.469 e. The van der Waals surface area contributed by atoms with Gasteiger partial charge in [0.2, 0.25) is 0 Å². The Kier molecular flexibility index (Phi) is 4.82. The molecular formula is C23H27NO2. The Morgan fingerprint density at radius 2 is 2.00 bits per heavy atom. The Hall–Kier alpha value is -2.13. The Morgan fingerprint density at radius 1 is 1.15 bits per heavy atom. The van der Waals surface area contributed by atoms with Crippen molar-refractivity contribution in [1.82, 2.24) is 4.90 Å². The van der Waals surface area contributed by atoms with Crippen LogP contribution in [0, 0.1) is 6.92 Å². The second-order valence-corrected chi connectivity index (χ2v) is 7.67. The Balaban J connectivity index is 1.65. The van der Waals surface area contributed by atoms with Crippen LogP contribution in [0.15, 0.2) is 42.5 Å². The highest BCUT2D eigenvalue weighted by Crippen LogP contribution is 2.48. The van der Waals surface area contributed by atoms with Gasteiger partial charge in [-0.15, -0.1) is 0 Å². The van der Waals surface area contributed by atoms with E-state index in [-0.39, 0.29) is 5.97 Å². The Bertz CT molecular complexity index is 814. The average Bonchev–Trinajstić information content (AvgIpc) is 2.87. The van der Waals surface area contributed by atoms with Gasteiger partial charge in [-0.25, -0.2) is 0 Å². The Labute approximate surface area is 156 Å². The van der Waals surface area contributed by atoms with Crippen LogP contribution in [0.4, 0.5) is 0 Å². The van der Waals surface area contributed by atoms with Crippen LogP contribution in [0.2, 0.25) is 0 Å². The first-order valence-corrected chi connectivity index (χ1v) is 9.67. The summed E-state index contributed by atoms with van der Waals surface area (Å²) in [5, 5.41) is 0. The lowest BCUT2D eigenvalue weighted by atomic mass is 9.93. The molecule has 0 radical (unpaired) electrons. The summed E-state index contributed by atoms with van der Waals surface area (Å²) in [5.74, 6) is 0.558. The second kappa shape index (κ2) is 7.24. The molecule has 2 aliphatic rings. The number of rotatable bonds is 4. The summed E-state index contributed by atoms with van der Waals surface area (Å²) in [6, 6.07) is 16.2. The molecule has 0 spiro atoms. The molecule has 136 valence electrons. The van der Waals surface area contributed by atoms with Crippen LogP contribution in [-0.4, -0.2) is 31.1 Å². The number of fused-ring (bicyclic) bond motifs is 5. The molecule has 0 amide bonds. The maximum absolute atomic E-state index is 11.6. The molecule has 1 saturated heterocycles. The quantitative estimate of drug-likeness (QED) is 0.739. The van der Waals surface area contributed by atoms with Crippen molar-refractivity contribution in [2.45, 2.75) is 44.6 Å². The van der Waals surface area contributed by atoms with Crippen LogP contribution in [0.25, 0.3) is 11.1 Å². The van der Waals surface area contributed by atoms with E-state index in [2.05, 4.69) is 54.3 Å². The highest BCUT2D eigenvalue weighted by molar-refractivity contribution is 5.69. The molecule has 0 N–H and O–H groups in total. The highest BCUT2D eigenvalue weighted by atomic mass is 16.5. The van der Waals surface area contributed by atoms with E-state index in [4.69, 9.17) is 4.74 Å². The largest absolute Gasteiger partial charge is 0.469 e. The molecule has 1 aliphatic heterocycles. The van der Waals surface area contributed by atoms with Crippen LogP contribution < -0.4 is 0 Å². The second-order valence-electron chi connectivity index (χ2n) is 7.67. The summed E-state index contributed by atoms with van der Waals surface area (Å²) in [6.45, 7) is 4.01. The van der Waals surface area contributed by atoms with Crippen molar-refractivity contribution in [3.05, 3.63) is 59.2 Å². The molecule has 3 nitrogen and oxygen atoms in total. The van der Waals surface area contributed by atoms with Crippen LogP contribution >= 0.6 is 0 Å². The summed E-state index contributed by atoms with van der Waals surface area (Å²) in [5.41, 5.74) is 6.87. The molecule has 26 heavy (non-hydrogen) atoms. The van der Waals surface area contributed by atoms with Crippen LogP contribution in [0.3, 0.4) is 0 Å². The summed E-state index contributed by atoms with van der Waals surface area (Å²) < 4.78 is 4.84. The van der Waals surface area contributed by atoms with E-state index >= 15 is 0 Å². The topological polar surface area (TPSA) is 29.5 Å². The zero-order valence-corrected chi connectivity index (χ0v) is 15.7. The van der Waals surface area contributed by atoms with Crippen LogP contribution in [0.1, 0.15) is 54.3 Å². The van der Waals surface area contributed by atoms with Gasteiger partial charge >= 0.3 is 5.97 Å². The average molecular weight is 349 g/mol. The van der Waals surface area contributed by atoms with E-state index in [1.165, 1.54) is 54.2 Å². The number of methoxy groups -OCH3 is 1. The lowest BCUT2D eigenvalue weighted by molar-refractivity contribution is -0.141. The highest BCUT2D eigenvalue weighted by Gasteiger charge is 2.36. The van der Waals surface area contributed by atoms with Gasteiger partial charge in [0.05, 0.1) is 13.5 Å². The molecule has 1 fully saturated rings. The third-order valence-electron chi connectivity index (χ3n) is 6.01. The van der Waals surface area contributed by atoms with Crippen molar-refractivity contribution in [3.8, 4) is 11.1 Å². The van der Waals surface area contributed by atoms with Gasteiger partial charge in [-0.3, -0.25) is 9.69 Å². The van der Waals surface area contributed by atoms with Crippen molar-refractivity contribution in [1.29, 1.82) is 0 Å². The number of carbonyl (C=O) groups excluding carboxylic acids is 1. The fourth-order valence-corrected chi connectivity index (χ4v) is 4.68. The van der Waals surface area contributed by atoms with Gasteiger partial charge in [-0.05, 0) is 67.0 Å². The first kappa shape index (κ1) is 17.3. The van der Waals surface area contributed by atoms with E-state index in [0.717, 1.165) is 13.1 Å². The number of ether oxygens (including phenoxy) is 1. The van der Waals surface area contributed by atoms with Crippen molar-refractivity contribution >= 4 is 5.97 Å². The zero-order chi connectivity index (χ0) is 18.1. The van der Waals surface area contributed by atoms with Gasteiger partial charge in [0.25, 0.3) is 0 Å². The number of hydrogen-bond acceptors (Lipinski definition) is 3. The maximum Gasteiger partial charge on any atom is 0.306 e. The van der Waals surface area contributed by atoms with Gasteiger partial charge in [-0.1, -0.05) is 42.0 Å².